The zero-order chi connectivity index (χ0) is 26.2. The molecule has 37 heavy (non-hydrogen) atoms. The number of ether oxygens (including phenoxy) is 1. The topological polar surface area (TPSA) is 118 Å². The van der Waals surface area contributed by atoms with E-state index in [0.29, 0.717) is 28.5 Å². The minimum absolute atomic E-state index is 0.0886. The zero-order valence-electron chi connectivity index (χ0n) is 19.9. The molecule has 1 heterocycles. The summed E-state index contributed by atoms with van der Waals surface area (Å²) in [6, 6.07) is 27.0. The smallest absolute Gasteiger partial charge is 0.292 e. The number of amides is 1. The Hall–Kier alpha value is -4.68. The lowest BCUT2D eigenvalue weighted by Gasteiger charge is -2.13. The number of nitriles is 1. The lowest BCUT2D eigenvalue weighted by atomic mass is 9.99. The lowest BCUT2D eigenvalue weighted by Crippen LogP contribution is -2.15. The van der Waals surface area contributed by atoms with Crippen molar-refractivity contribution in [2.24, 2.45) is 0 Å². The van der Waals surface area contributed by atoms with Crippen LogP contribution in [0.3, 0.4) is 0 Å². The number of nitrogens with zero attached hydrogens (tertiary/aromatic N) is 3. The molecular weight excluding hydrogens is 488 g/mol. The summed E-state index contributed by atoms with van der Waals surface area (Å²) in [7, 11) is 0. The number of nitrogens with one attached hydrogen (secondary N) is 1. The number of anilines is 1. The Morgan fingerprint density at radius 1 is 1.05 bits per heavy atom. The predicted molar refractivity (Wildman–Crippen MR) is 143 cm³/mol. The molecule has 1 amide bonds. The highest BCUT2D eigenvalue weighted by atomic mass is 32.2. The van der Waals surface area contributed by atoms with Crippen molar-refractivity contribution in [1.29, 1.82) is 5.26 Å². The van der Waals surface area contributed by atoms with Gasteiger partial charge < -0.3 is 10.1 Å². The van der Waals surface area contributed by atoms with Crippen LogP contribution in [0, 0.1) is 21.4 Å². The van der Waals surface area contributed by atoms with Crippen LogP contribution >= 0.6 is 11.8 Å². The predicted octanol–water partition coefficient (Wildman–Crippen LogP) is 6.32. The van der Waals surface area contributed by atoms with Crippen LogP contribution in [0.4, 0.5) is 11.4 Å². The van der Waals surface area contributed by atoms with E-state index in [2.05, 4.69) is 11.4 Å². The summed E-state index contributed by atoms with van der Waals surface area (Å²) in [5.41, 5.74) is 3.28. The van der Waals surface area contributed by atoms with E-state index >= 15 is 0 Å². The Balaban J connectivity index is 1.67. The molecule has 0 unspecified atom stereocenters. The summed E-state index contributed by atoms with van der Waals surface area (Å²) in [5.74, 6) is 0.205. The van der Waals surface area contributed by atoms with Crippen molar-refractivity contribution >= 4 is 29.0 Å². The van der Waals surface area contributed by atoms with Crippen molar-refractivity contribution in [1.82, 2.24) is 4.98 Å². The number of pyridine rings is 1. The fourth-order valence-corrected chi connectivity index (χ4v) is 4.48. The van der Waals surface area contributed by atoms with Gasteiger partial charge in [-0.1, -0.05) is 54.2 Å². The number of hydrogen-bond donors (Lipinski definition) is 1. The number of carbonyl (C=O) groups excluding carboxylic acids is 1. The number of nitro benzene ring substituents is 1. The molecule has 0 spiro atoms. The first kappa shape index (κ1) is 25.4. The monoisotopic (exact) mass is 510 g/mol. The maximum absolute atomic E-state index is 12.7. The van der Waals surface area contributed by atoms with Gasteiger partial charge >= 0.3 is 0 Å². The second kappa shape index (κ2) is 11.8. The first-order valence-electron chi connectivity index (χ1n) is 11.4. The Labute approximate surface area is 218 Å². The summed E-state index contributed by atoms with van der Waals surface area (Å²) in [6.07, 6.45) is 0. The van der Waals surface area contributed by atoms with Crippen molar-refractivity contribution in [3.05, 3.63) is 101 Å². The molecule has 8 nitrogen and oxygen atoms in total. The van der Waals surface area contributed by atoms with Gasteiger partial charge in [0.15, 0.2) is 0 Å². The maximum Gasteiger partial charge on any atom is 0.292 e. The van der Waals surface area contributed by atoms with Gasteiger partial charge in [-0.3, -0.25) is 14.9 Å². The molecule has 0 saturated heterocycles. The van der Waals surface area contributed by atoms with Crippen LogP contribution in [-0.4, -0.2) is 28.2 Å². The van der Waals surface area contributed by atoms with Crippen LogP contribution in [0.5, 0.6) is 5.75 Å². The second-order valence-electron chi connectivity index (χ2n) is 7.78. The molecule has 0 fully saturated rings. The summed E-state index contributed by atoms with van der Waals surface area (Å²) in [6.45, 7) is 2.47. The van der Waals surface area contributed by atoms with E-state index in [0.717, 1.165) is 28.6 Å². The first-order valence-corrected chi connectivity index (χ1v) is 12.4. The third kappa shape index (κ3) is 6.12. The van der Waals surface area contributed by atoms with Crippen molar-refractivity contribution in [3.63, 3.8) is 0 Å². The van der Waals surface area contributed by atoms with E-state index in [4.69, 9.17) is 9.72 Å². The van der Waals surface area contributed by atoms with E-state index in [1.807, 2.05) is 67.6 Å². The number of hydrogen-bond acceptors (Lipinski definition) is 7. The van der Waals surface area contributed by atoms with Gasteiger partial charge in [-0.15, -0.1) is 0 Å². The van der Waals surface area contributed by atoms with Gasteiger partial charge in [0.05, 0.1) is 28.5 Å². The van der Waals surface area contributed by atoms with Crippen LogP contribution in [0.15, 0.2) is 90.0 Å². The van der Waals surface area contributed by atoms with Crippen molar-refractivity contribution in [2.75, 3.05) is 17.7 Å². The van der Waals surface area contributed by atoms with Gasteiger partial charge in [0.25, 0.3) is 5.69 Å². The molecular formula is C28H22N4O4S. The average Bonchev–Trinajstić information content (AvgIpc) is 2.92. The number of rotatable bonds is 9. The highest BCUT2D eigenvalue weighted by Crippen LogP contribution is 2.35. The molecule has 9 heteroatoms. The average molecular weight is 511 g/mol. The number of thioether (sulfide) groups is 1. The third-order valence-electron chi connectivity index (χ3n) is 5.36. The van der Waals surface area contributed by atoms with Gasteiger partial charge in [-0.2, -0.15) is 5.26 Å². The minimum Gasteiger partial charge on any atom is -0.494 e. The Bertz CT molecular complexity index is 1470. The van der Waals surface area contributed by atoms with Crippen LogP contribution < -0.4 is 10.1 Å². The van der Waals surface area contributed by atoms with Gasteiger partial charge in [-0.25, -0.2) is 4.98 Å². The minimum atomic E-state index is -0.551. The summed E-state index contributed by atoms with van der Waals surface area (Å²) in [4.78, 5) is 28.1. The SMILES string of the molecule is CCOc1ccc(-c2cc(-c3ccccc3)c(C#N)c(SCC(=O)Nc3ccccc3[N+](=O)[O-])n2)cc1. The number of para-hydroxylation sites is 2. The molecule has 0 radical (unpaired) electrons. The Morgan fingerprint density at radius 3 is 2.43 bits per heavy atom. The normalized spacial score (nSPS) is 10.4. The summed E-state index contributed by atoms with van der Waals surface area (Å²) >= 11 is 1.10. The number of carbonyl (C=O) groups is 1. The van der Waals surface area contributed by atoms with E-state index < -0.39 is 10.8 Å². The third-order valence-corrected chi connectivity index (χ3v) is 6.33. The molecule has 4 rings (SSSR count). The summed E-state index contributed by atoms with van der Waals surface area (Å²) < 4.78 is 5.53. The zero-order valence-corrected chi connectivity index (χ0v) is 20.7. The quantitative estimate of drug-likeness (QED) is 0.159. The fourth-order valence-electron chi connectivity index (χ4n) is 3.67. The Kier molecular flexibility index (Phi) is 8.13. The van der Waals surface area contributed by atoms with E-state index in [-0.39, 0.29) is 17.1 Å². The molecule has 0 aliphatic rings. The molecule has 1 N–H and O–H groups in total. The lowest BCUT2D eigenvalue weighted by molar-refractivity contribution is -0.383. The van der Waals surface area contributed by atoms with E-state index in [9.17, 15) is 20.2 Å². The van der Waals surface area contributed by atoms with Crippen LogP contribution in [0.2, 0.25) is 0 Å². The van der Waals surface area contributed by atoms with Crippen LogP contribution in [0.25, 0.3) is 22.4 Å². The maximum atomic E-state index is 12.7. The molecule has 0 aliphatic heterocycles. The number of benzene rings is 3. The van der Waals surface area contributed by atoms with Gasteiger partial charge in [0, 0.05) is 17.2 Å². The molecule has 0 bridgehead atoms. The number of aromatic nitrogens is 1. The Morgan fingerprint density at radius 2 is 1.76 bits per heavy atom. The van der Waals surface area contributed by atoms with Crippen molar-refractivity contribution in [3.8, 4) is 34.2 Å². The molecule has 0 saturated carbocycles. The largest absolute Gasteiger partial charge is 0.494 e. The van der Waals surface area contributed by atoms with E-state index in [1.54, 1.807) is 6.07 Å². The summed E-state index contributed by atoms with van der Waals surface area (Å²) in [5, 5.41) is 24.3. The van der Waals surface area contributed by atoms with Gasteiger partial charge in [-0.05, 0) is 48.9 Å². The second-order valence-corrected chi connectivity index (χ2v) is 8.75. The molecule has 184 valence electrons. The fraction of sp³-hybridized carbons (Fsp3) is 0.107. The number of nitro groups is 1. The molecule has 0 aliphatic carbocycles. The van der Waals surface area contributed by atoms with Crippen molar-refractivity contribution in [2.45, 2.75) is 11.9 Å². The van der Waals surface area contributed by atoms with Crippen LogP contribution in [-0.2, 0) is 4.79 Å². The van der Waals surface area contributed by atoms with E-state index in [1.165, 1.54) is 18.2 Å². The molecule has 3 aromatic carbocycles. The van der Waals surface area contributed by atoms with Crippen LogP contribution in [0.1, 0.15) is 12.5 Å². The first-order chi connectivity index (χ1) is 18.0. The molecule has 4 aromatic rings. The van der Waals surface area contributed by atoms with Gasteiger partial charge in [0.2, 0.25) is 5.91 Å². The standard InChI is InChI=1S/C28H22N4O4S/c1-2-36-21-14-12-20(13-15-21)25-16-22(19-8-4-3-5-9-19)23(17-29)28(31-25)37-18-27(33)30-24-10-6-7-11-26(24)32(34)35/h3-16H,2,18H2,1H3,(H,30,33). The van der Waals surface area contributed by atoms with Gasteiger partial charge in [0.1, 0.15) is 22.5 Å². The molecule has 0 atom stereocenters. The molecule has 1 aromatic heterocycles. The highest BCUT2D eigenvalue weighted by molar-refractivity contribution is 8.00. The van der Waals surface area contributed by atoms with Crippen molar-refractivity contribution < 1.29 is 14.5 Å². The highest BCUT2D eigenvalue weighted by Gasteiger charge is 2.19.